The molecule has 1 N–H and O–H groups in total. The summed E-state index contributed by atoms with van der Waals surface area (Å²) in [5, 5.41) is 8.91. The van der Waals surface area contributed by atoms with Gasteiger partial charge in [0.05, 0.1) is 11.8 Å². The van der Waals surface area contributed by atoms with Gasteiger partial charge in [0.25, 0.3) is 0 Å². The van der Waals surface area contributed by atoms with Crippen LogP contribution in [0.5, 0.6) is 0 Å². The van der Waals surface area contributed by atoms with Gasteiger partial charge in [-0.1, -0.05) is 58.4 Å². The Morgan fingerprint density at radius 1 is 1.00 bits per heavy atom. The van der Waals surface area contributed by atoms with E-state index in [9.17, 15) is 9.18 Å². The molecule has 3 aromatic rings. The van der Waals surface area contributed by atoms with Crippen molar-refractivity contribution in [2.24, 2.45) is 5.10 Å². The number of para-hydroxylation sites is 1. The molecule has 0 bridgehead atoms. The number of hydrogen-bond acceptors (Lipinski definition) is 2. The molecule has 0 radical (unpaired) electrons. The van der Waals surface area contributed by atoms with Crippen molar-refractivity contribution in [1.82, 2.24) is 5.01 Å². The molecule has 1 heterocycles. The van der Waals surface area contributed by atoms with Crippen LogP contribution in [0.4, 0.5) is 14.9 Å². The number of hydrogen-bond donors (Lipinski definition) is 1. The van der Waals surface area contributed by atoms with Crippen molar-refractivity contribution in [3.05, 3.63) is 100 Å². The van der Waals surface area contributed by atoms with Crippen LogP contribution < -0.4 is 5.32 Å². The third kappa shape index (κ3) is 3.97. The maximum atomic E-state index is 13.4. The van der Waals surface area contributed by atoms with Crippen LogP contribution in [0.1, 0.15) is 23.6 Å². The highest BCUT2D eigenvalue weighted by molar-refractivity contribution is 9.10. The van der Waals surface area contributed by atoms with E-state index in [0.717, 1.165) is 21.3 Å². The van der Waals surface area contributed by atoms with Gasteiger partial charge in [0.15, 0.2) is 0 Å². The van der Waals surface area contributed by atoms with Gasteiger partial charge < -0.3 is 5.32 Å². The zero-order chi connectivity index (χ0) is 19.5. The number of carbonyl (C=O) groups excluding carboxylic acids is 1. The number of nitrogens with zero attached hydrogens (tertiary/aromatic N) is 2. The molecule has 1 aliphatic heterocycles. The van der Waals surface area contributed by atoms with Gasteiger partial charge in [0, 0.05) is 16.6 Å². The second-order valence-corrected chi connectivity index (χ2v) is 7.38. The van der Waals surface area contributed by atoms with Crippen LogP contribution in [-0.4, -0.2) is 16.8 Å². The minimum atomic E-state index is -0.326. The molecule has 28 heavy (non-hydrogen) atoms. The minimum Gasteiger partial charge on any atom is -0.306 e. The Bertz CT molecular complexity index is 1000. The molecule has 140 valence electrons. The Balaban J connectivity index is 1.65. The monoisotopic (exact) mass is 437 g/mol. The summed E-state index contributed by atoms with van der Waals surface area (Å²) in [6.45, 7) is 0. The first-order chi connectivity index (χ1) is 13.6. The highest BCUT2D eigenvalue weighted by Crippen LogP contribution is 2.33. The lowest BCUT2D eigenvalue weighted by Gasteiger charge is -2.22. The van der Waals surface area contributed by atoms with Gasteiger partial charge >= 0.3 is 6.03 Å². The summed E-state index contributed by atoms with van der Waals surface area (Å²) < 4.78 is 14.3. The topological polar surface area (TPSA) is 44.7 Å². The van der Waals surface area contributed by atoms with E-state index in [0.29, 0.717) is 12.1 Å². The fourth-order valence-corrected chi connectivity index (χ4v) is 3.43. The average molecular weight is 438 g/mol. The molecule has 4 rings (SSSR count). The van der Waals surface area contributed by atoms with Gasteiger partial charge in [-0.25, -0.2) is 14.2 Å². The second kappa shape index (κ2) is 7.94. The normalized spacial score (nSPS) is 16.0. The van der Waals surface area contributed by atoms with Gasteiger partial charge in [-0.05, 0) is 47.5 Å². The maximum absolute atomic E-state index is 13.4. The molecule has 0 fully saturated rings. The first-order valence-electron chi connectivity index (χ1n) is 8.84. The van der Waals surface area contributed by atoms with Crippen LogP contribution in [-0.2, 0) is 0 Å². The molecule has 0 spiro atoms. The fourth-order valence-electron chi connectivity index (χ4n) is 3.16. The molecule has 2 amide bonds. The van der Waals surface area contributed by atoms with Crippen molar-refractivity contribution in [1.29, 1.82) is 0 Å². The third-order valence-corrected chi connectivity index (χ3v) is 5.10. The van der Waals surface area contributed by atoms with Crippen molar-refractivity contribution in [3.8, 4) is 0 Å². The molecule has 0 unspecified atom stereocenters. The summed E-state index contributed by atoms with van der Waals surface area (Å²) in [6.07, 6.45) is 0.551. The number of amides is 2. The van der Waals surface area contributed by atoms with E-state index < -0.39 is 0 Å². The highest BCUT2D eigenvalue weighted by atomic mass is 79.9. The summed E-state index contributed by atoms with van der Waals surface area (Å²) >= 11 is 3.43. The van der Waals surface area contributed by atoms with Crippen LogP contribution in [0.3, 0.4) is 0 Å². The molecule has 0 saturated heterocycles. The predicted molar refractivity (Wildman–Crippen MR) is 112 cm³/mol. The van der Waals surface area contributed by atoms with Crippen molar-refractivity contribution in [2.45, 2.75) is 12.5 Å². The molecule has 3 aromatic carbocycles. The molecule has 1 aliphatic rings. The number of urea groups is 1. The smallest absolute Gasteiger partial charge is 0.306 e. The fraction of sp³-hybridized carbons (Fsp3) is 0.0909. The van der Waals surface area contributed by atoms with Gasteiger partial charge in [-0.3, -0.25) is 0 Å². The van der Waals surface area contributed by atoms with E-state index in [1.54, 1.807) is 12.1 Å². The quantitative estimate of drug-likeness (QED) is 0.538. The average Bonchev–Trinajstić information content (AvgIpc) is 3.15. The Morgan fingerprint density at radius 2 is 1.68 bits per heavy atom. The molecule has 0 aromatic heterocycles. The zero-order valence-electron chi connectivity index (χ0n) is 14.8. The Hall–Kier alpha value is -2.99. The van der Waals surface area contributed by atoms with Crippen molar-refractivity contribution >= 4 is 33.4 Å². The van der Waals surface area contributed by atoms with Crippen molar-refractivity contribution in [3.63, 3.8) is 0 Å². The number of hydrazone groups is 1. The van der Waals surface area contributed by atoms with E-state index in [4.69, 9.17) is 0 Å². The molecule has 4 nitrogen and oxygen atoms in total. The number of carbonyl (C=O) groups is 1. The Morgan fingerprint density at radius 3 is 2.36 bits per heavy atom. The van der Waals surface area contributed by atoms with Crippen LogP contribution >= 0.6 is 15.9 Å². The lowest BCUT2D eigenvalue weighted by atomic mass is 9.98. The van der Waals surface area contributed by atoms with E-state index >= 15 is 0 Å². The summed E-state index contributed by atoms with van der Waals surface area (Å²) in [4.78, 5) is 12.9. The largest absolute Gasteiger partial charge is 0.342 e. The number of anilines is 1. The number of rotatable bonds is 3. The van der Waals surface area contributed by atoms with Gasteiger partial charge in [-0.2, -0.15) is 5.10 Å². The zero-order valence-corrected chi connectivity index (χ0v) is 16.4. The number of benzene rings is 3. The van der Waals surface area contributed by atoms with Crippen LogP contribution in [0, 0.1) is 5.82 Å². The van der Waals surface area contributed by atoms with Crippen LogP contribution in [0.2, 0.25) is 0 Å². The first kappa shape index (κ1) is 18.4. The summed E-state index contributed by atoms with van der Waals surface area (Å²) in [6, 6.07) is 22.6. The van der Waals surface area contributed by atoms with Crippen LogP contribution in [0.15, 0.2) is 88.4 Å². The van der Waals surface area contributed by atoms with Gasteiger partial charge in [-0.15, -0.1) is 0 Å². The van der Waals surface area contributed by atoms with Gasteiger partial charge in [0.2, 0.25) is 0 Å². The number of nitrogens with one attached hydrogen (secondary N) is 1. The standard InChI is InChI=1S/C22H17BrFN3O/c23-17-10-6-15(7-11-17)20-14-21(16-8-12-18(24)13-9-16)27(26-20)22(28)25-19-4-2-1-3-5-19/h1-13,21H,14H2,(H,25,28)/t21-/m1/s1. The summed E-state index contributed by atoms with van der Waals surface area (Å²) in [5.74, 6) is -0.309. The van der Waals surface area contributed by atoms with Crippen molar-refractivity contribution in [2.75, 3.05) is 5.32 Å². The number of halogens is 2. The molecule has 1 atom stereocenters. The lowest BCUT2D eigenvalue weighted by Crippen LogP contribution is -2.31. The highest BCUT2D eigenvalue weighted by Gasteiger charge is 2.33. The third-order valence-electron chi connectivity index (χ3n) is 4.58. The van der Waals surface area contributed by atoms with Crippen molar-refractivity contribution < 1.29 is 9.18 Å². The van der Waals surface area contributed by atoms with Crippen LogP contribution in [0.25, 0.3) is 0 Å². The molecule has 0 saturated carbocycles. The van der Waals surface area contributed by atoms with Gasteiger partial charge in [0.1, 0.15) is 5.82 Å². The predicted octanol–water partition coefficient (Wildman–Crippen LogP) is 5.97. The van der Waals surface area contributed by atoms with E-state index in [-0.39, 0.29) is 17.9 Å². The maximum Gasteiger partial charge on any atom is 0.342 e. The lowest BCUT2D eigenvalue weighted by molar-refractivity contribution is 0.200. The van der Waals surface area contributed by atoms with E-state index in [2.05, 4.69) is 26.3 Å². The molecular weight excluding hydrogens is 421 g/mol. The molecule has 0 aliphatic carbocycles. The SMILES string of the molecule is O=C(Nc1ccccc1)N1N=C(c2ccc(Br)cc2)C[C@@H]1c1ccc(F)cc1. The minimum absolute atomic E-state index is 0.303. The molecule has 6 heteroatoms. The Kier molecular flexibility index (Phi) is 5.21. The Labute approximate surface area is 170 Å². The summed E-state index contributed by atoms with van der Waals surface area (Å²) in [5.41, 5.74) is 3.29. The van der Waals surface area contributed by atoms with E-state index in [1.165, 1.54) is 17.1 Å². The first-order valence-corrected chi connectivity index (χ1v) is 9.63. The summed E-state index contributed by atoms with van der Waals surface area (Å²) in [7, 11) is 0. The second-order valence-electron chi connectivity index (χ2n) is 6.47. The molecular formula is C22H17BrFN3O. The van der Waals surface area contributed by atoms with E-state index in [1.807, 2.05) is 54.6 Å².